The first-order chi connectivity index (χ1) is 9.33. The van der Waals surface area contributed by atoms with Crippen molar-refractivity contribution in [2.75, 3.05) is 0 Å². The Hall–Kier alpha value is -1.64. The van der Waals surface area contributed by atoms with Crippen LogP contribution in [0.1, 0.15) is 50.1 Å². The molecule has 100 valence electrons. The summed E-state index contributed by atoms with van der Waals surface area (Å²) in [5.74, 6) is 0.749. The van der Waals surface area contributed by atoms with E-state index in [0.717, 1.165) is 0 Å². The summed E-state index contributed by atoms with van der Waals surface area (Å²) in [6, 6.07) is 10.5. The van der Waals surface area contributed by atoms with Gasteiger partial charge in [0.25, 0.3) is 5.91 Å². The van der Waals surface area contributed by atoms with Crippen molar-refractivity contribution in [2.45, 2.75) is 44.6 Å². The zero-order valence-corrected chi connectivity index (χ0v) is 11.2. The highest BCUT2D eigenvalue weighted by molar-refractivity contribution is 5.77. The number of nitrogens with one attached hydrogen (secondary N) is 1. The molecule has 2 fully saturated rings. The highest BCUT2D eigenvalue weighted by atomic mass is 16.2. The predicted molar refractivity (Wildman–Crippen MR) is 74.8 cm³/mol. The topological polar surface area (TPSA) is 32.1 Å². The van der Waals surface area contributed by atoms with E-state index in [-0.39, 0.29) is 11.9 Å². The number of nitrogens with zero attached hydrogens (tertiary/aromatic N) is 1. The minimum Gasteiger partial charge on any atom is -0.269 e. The molecular weight excluding hydrogens is 236 g/mol. The Labute approximate surface area is 114 Å². The molecule has 1 aromatic rings. The van der Waals surface area contributed by atoms with Crippen LogP contribution in [0.2, 0.25) is 0 Å². The molecule has 2 aliphatic rings. The predicted octanol–water partition coefficient (Wildman–Crippen LogP) is 2.83. The summed E-state index contributed by atoms with van der Waals surface area (Å²) in [4.78, 5) is 11.7. The molecule has 1 atom stereocenters. The Morgan fingerprint density at radius 3 is 2.58 bits per heavy atom. The molecule has 3 heteroatoms. The van der Waals surface area contributed by atoms with Crippen molar-refractivity contribution in [1.82, 2.24) is 5.43 Å². The van der Waals surface area contributed by atoms with Crippen LogP contribution in [-0.4, -0.2) is 16.8 Å². The molecule has 1 heterocycles. The third kappa shape index (κ3) is 2.86. The molecule has 1 N–H and O–H groups in total. The number of hydrazone groups is 1. The Morgan fingerprint density at radius 1 is 1.11 bits per heavy atom. The number of hydrogen-bond acceptors (Lipinski definition) is 1. The van der Waals surface area contributed by atoms with Gasteiger partial charge in [-0.2, -0.15) is 0 Å². The first-order valence-corrected chi connectivity index (χ1v) is 7.31. The summed E-state index contributed by atoms with van der Waals surface area (Å²) in [6.07, 6.45) is 9.33. The molecule has 3 nitrogen and oxygen atoms in total. The van der Waals surface area contributed by atoms with E-state index in [1.54, 1.807) is 0 Å². The molecule has 0 aromatic heterocycles. The Balaban J connectivity index is 1.82. The Kier molecular flexibility index (Phi) is 3.62. The van der Waals surface area contributed by atoms with E-state index in [1.807, 2.05) is 22.9 Å². The monoisotopic (exact) mass is 257 g/mol. The van der Waals surface area contributed by atoms with Gasteiger partial charge in [0.15, 0.2) is 6.21 Å². The van der Waals surface area contributed by atoms with Crippen LogP contribution in [0.15, 0.2) is 30.3 Å². The quantitative estimate of drug-likeness (QED) is 0.812. The maximum absolute atomic E-state index is 11.7. The van der Waals surface area contributed by atoms with Gasteiger partial charge in [-0.3, -0.25) is 4.79 Å². The second-order valence-electron chi connectivity index (χ2n) is 5.62. The minimum atomic E-state index is 0.126. The Morgan fingerprint density at radius 2 is 1.84 bits per heavy atom. The van der Waals surface area contributed by atoms with Gasteiger partial charge in [-0.1, -0.05) is 49.6 Å². The molecule has 3 rings (SSSR count). The minimum absolute atomic E-state index is 0.126. The van der Waals surface area contributed by atoms with Gasteiger partial charge in [0, 0.05) is 11.5 Å². The highest BCUT2D eigenvalue weighted by Gasteiger charge is 2.36. The summed E-state index contributed by atoms with van der Waals surface area (Å²) < 4.78 is 2.05. The summed E-state index contributed by atoms with van der Waals surface area (Å²) in [5, 5.41) is 0. The van der Waals surface area contributed by atoms with Gasteiger partial charge in [0.2, 0.25) is 6.04 Å². The zero-order valence-electron chi connectivity index (χ0n) is 11.2. The third-order valence-corrected chi connectivity index (χ3v) is 4.17. The van der Waals surface area contributed by atoms with E-state index in [0.29, 0.717) is 12.3 Å². The van der Waals surface area contributed by atoms with Crippen LogP contribution in [0, 0.1) is 5.92 Å². The lowest BCUT2D eigenvalue weighted by atomic mass is 9.90. The third-order valence-electron chi connectivity index (χ3n) is 4.17. The van der Waals surface area contributed by atoms with Gasteiger partial charge >= 0.3 is 0 Å². The molecule has 0 spiro atoms. The van der Waals surface area contributed by atoms with E-state index < -0.39 is 0 Å². The van der Waals surface area contributed by atoms with Gasteiger partial charge in [0.1, 0.15) is 6.42 Å². The fourth-order valence-corrected chi connectivity index (χ4v) is 3.15. The van der Waals surface area contributed by atoms with E-state index in [9.17, 15) is 4.79 Å². The first-order valence-electron chi connectivity index (χ1n) is 7.31. The number of benzene rings is 1. The first kappa shape index (κ1) is 12.4. The molecule has 1 amide bonds. The van der Waals surface area contributed by atoms with E-state index in [4.69, 9.17) is 0 Å². The number of carbonyl (C=O) groups is 1. The SMILES string of the molecule is O=C1CC(c2ccccc2)/[N+](=C/C2CCCCC2)N1. The van der Waals surface area contributed by atoms with Crippen LogP contribution in [-0.2, 0) is 4.79 Å². The second-order valence-corrected chi connectivity index (χ2v) is 5.62. The van der Waals surface area contributed by atoms with Crippen molar-refractivity contribution in [1.29, 1.82) is 0 Å². The normalized spacial score (nSPS) is 26.6. The molecule has 1 aliphatic heterocycles. The van der Waals surface area contributed by atoms with Crippen molar-refractivity contribution in [3.8, 4) is 0 Å². The smallest absolute Gasteiger partial charge is 0.269 e. The van der Waals surface area contributed by atoms with Crippen LogP contribution >= 0.6 is 0 Å². The number of carbonyl (C=O) groups excluding carboxylic acids is 1. The van der Waals surface area contributed by atoms with Gasteiger partial charge in [0.05, 0.1) is 0 Å². The lowest BCUT2D eigenvalue weighted by molar-refractivity contribution is -0.597. The molecule has 1 saturated carbocycles. The highest BCUT2D eigenvalue weighted by Crippen LogP contribution is 2.26. The van der Waals surface area contributed by atoms with E-state index in [1.165, 1.54) is 37.7 Å². The van der Waals surface area contributed by atoms with Crippen molar-refractivity contribution < 1.29 is 9.48 Å². The van der Waals surface area contributed by atoms with Crippen LogP contribution in [0.25, 0.3) is 0 Å². The molecule has 1 aromatic carbocycles. The lowest BCUT2D eigenvalue weighted by Crippen LogP contribution is -2.29. The number of amides is 1. The molecule has 0 bridgehead atoms. The molecule has 1 saturated heterocycles. The van der Waals surface area contributed by atoms with Gasteiger partial charge in [-0.15, -0.1) is 10.1 Å². The summed E-state index contributed by atoms with van der Waals surface area (Å²) in [5.41, 5.74) is 4.20. The number of hydrogen-bond donors (Lipinski definition) is 1. The van der Waals surface area contributed by atoms with E-state index >= 15 is 0 Å². The largest absolute Gasteiger partial charge is 0.281 e. The zero-order chi connectivity index (χ0) is 13.1. The van der Waals surface area contributed by atoms with Gasteiger partial charge < -0.3 is 0 Å². The average Bonchev–Trinajstić information content (AvgIpc) is 2.82. The standard InChI is InChI=1S/C16H20N2O/c19-16-11-15(14-9-5-2-6-10-14)18(17-16)12-13-7-3-1-4-8-13/h2,5-6,9-10,12-13,15H,1,3-4,7-8,11H2/p+1/b18-12-. The lowest BCUT2D eigenvalue weighted by Gasteiger charge is -2.16. The fourth-order valence-electron chi connectivity index (χ4n) is 3.15. The van der Waals surface area contributed by atoms with Gasteiger partial charge in [-0.25, -0.2) is 0 Å². The van der Waals surface area contributed by atoms with Crippen molar-refractivity contribution >= 4 is 12.1 Å². The number of hydrazine groups is 1. The summed E-state index contributed by atoms with van der Waals surface area (Å²) >= 11 is 0. The van der Waals surface area contributed by atoms with Crippen molar-refractivity contribution in [3.05, 3.63) is 35.9 Å². The van der Waals surface area contributed by atoms with Gasteiger partial charge in [-0.05, 0) is 12.8 Å². The van der Waals surface area contributed by atoms with Crippen LogP contribution in [0.3, 0.4) is 0 Å². The molecule has 1 unspecified atom stereocenters. The maximum Gasteiger partial charge on any atom is 0.281 e. The Bertz CT molecular complexity index is 475. The molecule has 0 radical (unpaired) electrons. The molecule has 19 heavy (non-hydrogen) atoms. The second kappa shape index (κ2) is 5.55. The van der Waals surface area contributed by atoms with Crippen molar-refractivity contribution in [3.63, 3.8) is 0 Å². The molecule has 1 aliphatic carbocycles. The average molecular weight is 257 g/mol. The molecular formula is C16H21N2O+. The van der Waals surface area contributed by atoms with Crippen LogP contribution in [0.5, 0.6) is 0 Å². The summed E-state index contributed by atoms with van der Waals surface area (Å²) in [7, 11) is 0. The van der Waals surface area contributed by atoms with Crippen LogP contribution in [0.4, 0.5) is 0 Å². The van der Waals surface area contributed by atoms with E-state index in [2.05, 4.69) is 23.8 Å². The fraction of sp³-hybridized carbons (Fsp3) is 0.500. The van der Waals surface area contributed by atoms with Crippen LogP contribution < -0.4 is 5.43 Å². The van der Waals surface area contributed by atoms with Crippen molar-refractivity contribution in [2.24, 2.45) is 5.92 Å². The maximum atomic E-state index is 11.7. The number of rotatable bonds is 2. The summed E-state index contributed by atoms with van der Waals surface area (Å²) in [6.45, 7) is 0.